The van der Waals surface area contributed by atoms with Gasteiger partial charge in [0.1, 0.15) is 23.9 Å². The van der Waals surface area contributed by atoms with Crippen LogP contribution in [-0.2, 0) is 30.8 Å². The normalized spacial score (nSPS) is 13.6. The number of rotatable bonds is 9. The zero-order chi connectivity index (χ0) is 23.0. The SMILES string of the molecule is CC[C@@H](Oc1ccc2c(c1)CCCC2)C(=O)NCc1ccc(OCc2ccc(F)cc2)cc1. The maximum Gasteiger partial charge on any atom is 0.261 e. The lowest BCUT2D eigenvalue weighted by atomic mass is 9.92. The molecule has 1 atom stereocenters. The minimum atomic E-state index is -0.523. The van der Waals surface area contributed by atoms with E-state index in [2.05, 4.69) is 17.4 Å². The summed E-state index contributed by atoms with van der Waals surface area (Å²) in [6, 6.07) is 20.0. The lowest BCUT2D eigenvalue weighted by Gasteiger charge is -2.20. The lowest BCUT2D eigenvalue weighted by molar-refractivity contribution is -0.128. The van der Waals surface area contributed by atoms with Crippen molar-refractivity contribution in [2.45, 2.75) is 58.3 Å². The third-order valence-electron chi connectivity index (χ3n) is 5.97. The van der Waals surface area contributed by atoms with E-state index in [9.17, 15) is 9.18 Å². The van der Waals surface area contributed by atoms with Gasteiger partial charge in [0.25, 0.3) is 5.91 Å². The van der Waals surface area contributed by atoms with Crippen LogP contribution in [0.2, 0.25) is 0 Å². The molecule has 1 N–H and O–H groups in total. The standard InChI is InChI=1S/C28H30FNO3/c1-2-27(33-26-16-11-22-5-3-4-6-23(22)17-26)28(31)30-18-20-9-14-25(15-10-20)32-19-21-7-12-24(29)13-8-21/h7-17,27H,2-6,18-19H2,1H3,(H,30,31)/t27-/m1/s1. The summed E-state index contributed by atoms with van der Waals surface area (Å²) in [5, 5.41) is 2.97. The van der Waals surface area contributed by atoms with Crippen molar-refractivity contribution in [3.05, 3.63) is 94.8 Å². The Balaban J connectivity index is 1.26. The highest BCUT2D eigenvalue weighted by Gasteiger charge is 2.19. The maximum absolute atomic E-state index is 13.0. The summed E-state index contributed by atoms with van der Waals surface area (Å²) < 4.78 is 24.8. The second-order valence-corrected chi connectivity index (χ2v) is 8.43. The van der Waals surface area contributed by atoms with Crippen molar-refractivity contribution in [1.82, 2.24) is 5.32 Å². The Morgan fingerprint density at radius 3 is 2.30 bits per heavy atom. The summed E-state index contributed by atoms with van der Waals surface area (Å²) in [5.74, 6) is 1.10. The van der Waals surface area contributed by atoms with Gasteiger partial charge in [0.15, 0.2) is 6.10 Å². The van der Waals surface area contributed by atoms with Crippen molar-refractivity contribution in [2.24, 2.45) is 0 Å². The highest BCUT2D eigenvalue weighted by molar-refractivity contribution is 5.81. The van der Waals surface area contributed by atoms with E-state index in [-0.39, 0.29) is 11.7 Å². The van der Waals surface area contributed by atoms with Crippen LogP contribution in [0.25, 0.3) is 0 Å². The molecule has 0 heterocycles. The van der Waals surface area contributed by atoms with E-state index >= 15 is 0 Å². The molecule has 5 heteroatoms. The molecule has 1 aliphatic rings. The maximum atomic E-state index is 13.0. The molecule has 1 aliphatic carbocycles. The fourth-order valence-corrected chi connectivity index (χ4v) is 4.02. The Morgan fingerprint density at radius 2 is 1.58 bits per heavy atom. The number of aryl methyl sites for hydroxylation is 2. The van der Waals surface area contributed by atoms with Crippen LogP contribution in [0.1, 0.15) is 48.4 Å². The molecule has 0 saturated carbocycles. The Hall–Kier alpha value is -3.34. The number of carbonyl (C=O) groups is 1. The first-order valence-electron chi connectivity index (χ1n) is 11.6. The van der Waals surface area contributed by atoms with Gasteiger partial charge in [-0.25, -0.2) is 4.39 Å². The molecule has 0 fully saturated rings. The van der Waals surface area contributed by atoms with Gasteiger partial charge in [0.05, 0.1) is 0 Å². The minimum Gasteiger partial charge on any atom is -0.489 e. The van der Waals surface area contributed by atoms with Gasteiger partial charge in [0, 0.05) is 6.54 Å². The molecule has 0 radical (unpaired) electrons. The van der Waals surface area contributed by atoms with Gasteiger partial charge >= 0.3 is 0 Å². The number of fused-ring (bicyclic) bond motifs is 1. The fraction of sp³-hybridized carbons (Fsp3) is 0.321. The summed E-state index contributed by atoms with van der Waals surface area (Å²) in [6.07, 6.45) is 4.74. The van der Waals surface area contributed by atoms with Crippen molar-refractivity contribution in [2.75, 3.05) is 0 Å². The molecule has 1 amide bonds. The van der Waals surface area contributed by atoms with Gasteiger partial charge in [-0.3, -0.25) is 4.79 Å². The van der Waals surface area contributed by atoms with Crippen molar-refractivity contribution in [3.63, 3.8) is 0 Å². The first kappa shape index (κ1) is 22.8. The third kappa shape index (κ3) is 6.35. The molecular weight excluding hydrogens is 417 g/mol. The van der Waals surface area contributed by atoms with Gasteiger partial charge in [0.2, 0.25) is 0 Å². The number of hydrogen-bond donors (Lipinski definition) is 1. The molecule has 4 rings (SSSR count). The van der Waals surface area contributed by atoms with Crippen molar-refractivity contribution in [1.29, 1.82) is 0 Å². The fourth-order valence-electron chi connectivity index (χ4n) is 4.02. The highest BCUT2D eigenvalue weighted by Crippen LogP contribution is 2.26. The average Bonchev–Trinajstić information content (AvgIpc) is 2.86. The van der Waals surface area contributed by atoms with Crippen LogP contribution in [0, 0.1) is 5.82 Å². The van der Waals surface area contributed by atoms with Crippen LogP contribution in [0.3, 0.4) is 0 Å². The molecule has 33 heavy (non-hydrogen) atoms. The van der Waals surface area contributed by atoms with Crippen molar-refractivity contribution < 1.29 is 18.7 Å². The largest absolute Gasteiger partial charge is 0.489 e. The van der Waals surface area contributed by atoms with Gasteiger partial charge in [-0.05, 0) is 90.8 Å². The lowest BCUT2D eigenvalue weighted by Crippen LogP contribution is -2.37. The number of amides is 1. The molecule has 0 unspecified atom stereocenters. The number of ether oxygens (including phenoxy) is 2. The first-order chi connectivity index (χ1) is 16.1. The van der Waals surface area contributed by atoms with Crippen molar-refractivity contribution >= 4 is 5.91 Å². The zero-order valence-corrected chi connectivity index (χ0v) is 19.0. The smallest absolute Gasteiger partial charge is 0.261 e. The van der Waals surface area contributed by atoms with Crippen LogP contribution in [-0.4, -0.2) is 12.0 Å². The van der Waals surface area contributed by atoms with E-state index in [0.29, 0.717) is 19.6 Å². The average molecular weight is 448 g/mol. The molecule has 0 aliphatic heterocycles. The predicted octanol–water partition coefficient (Wildman–Crippen LogP) is 5.76. The van der Waals surface area contributed by atoms with Crippen molar-refractivity contribution in [3.8, 4) is 11.5 Å². The summed E-state index contributed by atoms with van der Waals surface area (Å²) >= 11 is 0. The summed E-state index contributed by atoms with van der Waals surface area (Å²) in [7, 11) is 0. The van der Waals surface area contributed by atoms with E-state index in [1.54, 1.807) is 12.1 Å². The first-order valence-corrected chi connectivity index (χ1v) is 11.6. The Morgan fingerprint density at radius 1 is 0.909 bits per heavy atom. The van der Waals surface area contributed by atoms with E-state index in [4.69, 9.17) is 9.47 Å². The molecule has 3 aromatic carbocycles. The highest BCUT2D eigenvalue weighted by atomic mass is 19.1. The number of nitrogens with one attached hydrogen (secondary N) is 1. The summed E-state index contributed by atoms with van der Waals surface area (Å²) in [4.78, 5) is 12.7. The zero-order valence-electron chi connectivity index (χ0n) is 19.0. The number of benzene rings is 3. The Labute approximate surface area is 194 Å². The van der Waals surface area contributed by atoms with Gasteiger partial charge in [-0.15, -0.1) is 0 Å². The number of carbonyl (C=O) groups excluding carboxylic acids is 1. The molecule has 0 bridgehead atoms. The van der Waals surface area contributed by atoms with E-state index in [1.807, 2.05) is 37.3 Å². The minimum absolute atomic E-state index is 0.119. The van der Waals surface area contributed by atoms with Crippen LogP contribution in [0.5, 0.6) is 11.5 Å². The second kappa shape index (κ2) is 11.0. The molecule has 0 saturated heterocycles. The Bertz CT molecular complexity index is 1060. The monoisotopic (exact) mass is 447 g/mol. The van der Waals surface area contributed by atoms with Gasteiger partial charge in [-0.1, -0.05) is 37.3 Å². The number of halogens is 1. The van der Waals surface area contributed by atoms with Gasteiger partial charge in [-0.2, -0.15) is 0 Å². The van der Waals surface area contributed by atoms with Crippen LogP contribution >= 0.6 is 0 Å². The van der Waals surface area contributed by atoms with Crippen LogP contribution in [0.4, 0.5) is 4.39 Å². The third-order valence-corrected chi connectivity index (χ3v) is 5.97. The van der Waals surface area contributed by atoms with E-state index in [0.717, 1.165) is 35.5 Å². The molecule has 172 valence electrons. The number of hydrogen-bond acceptors (Lipinski definition) is 3. The molecule has 0 aromatic heterocycles. The van der Waals surface area contributed by atoms with E-state index in [1.165, 1.54) is 36.1 Å². The second-order valence-electron chi connectivity index (χ2n) is 8.43. The molecule has 0 spiro atoms. The van der Waals surface area contributed by atoms with Crippen LogP contribution in [0.15, 0.2) is 66.7 Å². The molecule has 4 nitrogen and oxygen atoms in total. The summed E-state index contributed by atoms with van der Waals surface area (Å²) in [5.41, 5.74) is 4.62. The quantitative estimate of drug-likeness (QED) is 0.454. The Kier molecular flexibility index (Phi) is 7.61. The topological polar surface area (TPSA) is 47.6 Å². The van der Waals surface area contributed by atoms with E-state index < -0.39 is 6.10 Å². The molecule has 3 aromatic rings. The molecular formula is C28H30FNO3. The predicted molar refractivity (Wildman–Crippen MR) is 127 cm³/mol. The van der Waals surface area contributed by atoms with Crippen LogP contribution < -0.4 is 14.8 Å². The van der Waals surface area contributed by atoms with Gasteiger partial charge < -0.3 is 14.8 Å². The summed E-state index contributed by atoms with van der Waals surface area (Å²) in [6.45, 7) is 2.74.